The zero-order valence-electron chi connectivity index (χ0n) is 6.12. The van der Waals surface area contributed by atoms with Gasteiger partial charge in [0.15, 0.2) is 0 Å². The molecule has 0 unspecified atom stereocenters. The summed E-state index contributed by atoms with van der Waals surface area (Å²) in [7, 11) is 0. The van der Waals surface area contributed by atoms with Gasteiger partial charge in [0.1, 0.15) is 0 Å². The van der Waals surface area contributed by atoms with Crippen LogP contribution >= 0.6 is 0 Å². The smallest absolute Gasteiger partial charge is 0.0314 e. The normalized spacial score (nSPS) is 10.2. The molecule has 1 rings (SSSR count). The summed E-state index contributed by atoms with van der Waals surface area (Å²) >= 11 is 0. The number of anilines is 1. The van der Waals surface area contributed by atoms with Crippen molar-refractivity contribution in [1.29, 1.82) is 5.41 Å². The second kappa shape index (κ2) is 3.56. The molecule has 56 valence electrons. The number of nitrogens with one attached hydrogen (secondary N) is 1. The fraction of sp³-hybridized carbons (Fsp3) is 0. The van der Waals surface area contributed by atoms with Gasteiger partial charge in [0.25, 0.3) is 0 Å². The maximum atomic E-state index is 6.76. The summed E-state index contributed by atoms with van der Waals surface area (Å²) in [6.45, 7) is 0. The fourth-order valence-corrected chi connectivity index (χ4v) is 0.766. The zero-order valence-corrected chi connectivity index (χ0v) is 6.12. The molecule has 0 aliphatic rings. The molecule has 0 fully saturated rings. The summed E-state index contributed by atoms with van der Waals surface area (Å²) in [4.78, 5) is 0. The predicted octanol–water partition coefficient (Wildman–Crippen LogP) is 1.93. The SMILES string of the molecule is N=C/C=C/c1ccc(N)cc1. The largest absolute Gasteiger partial charge is 0.399 e. The second-order valence-electron chi connectivity index (χ2n) is 2.19. The Bertz CT molecular complexity index is 259. The van der Waals surface area contributed by atoms with Crippen LogP contribution in [0.4, 0.5) is 5.69 Å². The minimum Gasteiger partial charge on any atom is -0.399 e. The highest BCUT2D eigenvalue weighted by Crippen LogP contribution is 2.06. The molecule has 1 aromatic rings. The van der Waals surface area contributed by atoms with E-state index in [1.54, 1.807) is 6.08 Å². The summed E-state index contributed by atoms with van der Waals surface area (Å²) in [5.74, 6) is 0. The van der Waals surface area contributed by atoms with Gasteiger partial charge in [-0.1, -0.05) is 18.2 Å². The number of hydrogen-bond acceptors (Lipinski definition) is 2. The van der Waals surface area contributed by atoms with Crippen LogP contribution in [-0.4, -0.2) is 6.21 Å². The van der Waals surface area contributed by atoms with E-state index in [2.05, 4.69) is 0 Å². The lowest BCUT2D eigenvalue weighted by Crippen LogP contribution is -1.82. The van der Waals surface area contributed by atoms with Crippen LogP contribution < -0.4 is 5.73 Å². The molecule has 0 radical (unpaired) electrons. The number of benzene rings is 1. The average Bonchev–Trinajstić information content (AvgIpc) is 2.04. The number of nitrogen functional groups attached to an aromatic ring is 1. The summed E-state index contributed by atoms with van der Waals surface area (Å²) in [6.07, 6.45) is 4.77. The van der Waals surface area contributed by atoms with Crippen molar-refractivity contribution in [2.24, 2.45) is 0 Å². The Hall–Kier alpha value is -1.57. The Morgan fingerprint density at radius 2 is 1.82 bits per heavy atom. The van der Waals surface area contributed by atoms with E-state index in [9.17, 15) is 0 Å². The Balaban J connectivity index is 2.81. The molecule has 2 nitrogen and oxygen atoms in total. The monoisotopic (exact) mass is 146 g/mol. The Morgan fingerprint density at radius 1 is 1.18 bits per heavy atom. The lowest BCUT2D eigenvalue weighted by atomic mass is 10.2. The molecule has 0 spiro atoms. The predicted molar refractivity (Wildman–Crippen MR) is 48.7 cm³/mol. The van der Waals surface area contributed by atoms with Gasteiger partial charge >= 0.3 is 0 Å². The van der Waals surface area contributed by atoms with Crippen molar-refractivity contribution in [2.45, 2.75) is 0 Å². The van der Waals surface area contributed by atoms with Crippen LogP contribution in [-0.2, 0) is 0 Å². The van der Waals surface area contributed by atoms with E-state index in [-0.39, 0.29) is 0 Å². The van der Waals surface area contributed by atoms with Crippen molar-refractivity contribution in [3.05, 3.63) is 35.9 Å². The fourth-order valence-electron chi connectivity index (χ4n) is 0.766. The highest BCUT2D eigenvalue weighted by atomic mass is 14.5. The quantitative estimate of drug-likeness (QED) is 0.486. The van der Waals surface area contributed by atoms with Crippen molar-refractivity contribution in [3.63, 3.8) is 0 Å². The average molecular weight is 146 g/mol. The maximum Gasteiger partial charge on any atom is 0.0314 e. The molecule has 0 atom stereocenters. The van der Waals surface area contributed by atoms with E-state index in [0.29, 0.717) is 0 Å². The first kappa shape index (κ1) is 7.54. The number of hydrogen-bond donors (Lipinski definition) is 2. The van der Waals surface area contributed by atoms with Crippen LogP contribution in [0.1, 0.15) is 5.56 Å². The highest BCUT2D eigenvalue weighted by Gasteiger charge is 1.84. The van der Waals surface area contributed by atoms with Gasteiger partial charge in [-0.3, -0.25) is 0 Å². The van der Waals surface area contributed by atoms with Gasteiger partial charge < -0.3 is 11.1 Å². The lowest BCUT2D eigenvalue weighted by molar-refractivity contribution is 1.58. The molecular weight excluding hydrogens is 136 g/mol. The minimum absolute atomic E-state index is 0.761. The van der Waals surface area contributed by atoms with Gasteiger partial charge in [0.05, 0.1) is 0 Å². The van der Waals surface area contributed by atoms with Gasteiger partial charge in [-0.05, 0) is 23.8 Å². The molecule has 3 N–H and O–H groups in total. The van der Waals surface area contributed by atoms with E-state index in [1.165, 1.54) is 6.21 Å². The molecule has 11 heavy (non-hydrogen) atoms. The van der Waals surface area contributed by atoms with Gasteiger partial charge in [0.2, 0.25) is 0 Å². The zero-order chi connectivity index (χ0) is 8.10. The first-order valence-electron chi connectivity index (χ1n) is 3.35. The highest BCUT2D eigenvalue weighted by molar-refractivity contribution is 5.75. The van der Waals surface area contributed by atoms with Gasteiger partial charge in [-0.2, -0.15) is 0 Å². The molecular formula is C9H10N2. The third kappa shape index (κ3) is 2.26. The van der Waals surface area contributed by atoms with E-state index in [0.717, 1.165) is 11.3 Å². The van der Waals surface area contributed by atoms with Crippen molar-refractivity contribution in [1.82, 2.24) is 0 Å². The molecule has 0 bridgehead atoms. The first-order valence-corrected chi connectivity index (χ1v) is 3.35. The van der Waals surface area contributed by atoms with Crippen LogP contribution in [0.5, 0.6) is 0 Å². The van der Waals surface area contributed by atoms with Crippen molar-refractivity contribution in [3.8, 4) is 0 Å². The molecule has 2 heteroatoms. The third-order valence-corrected chi connectivity index (χ3v) is 1.32. The van der Waals surface area contributed by atoms with Crippen LogP contribution in [0.15, 0.2) is 30.3 Å². The molecule has 0 aromatic heterocycles. The summed E-state index contributed by atoms with van der Waals surface area (Å²) in [5.41, 5.74) is 7.31. The van der Waals surface area contributed by atoms with E-state index >= 15 is 0 Å². The minimum atomic E-state index is 0.761. The van der Waals surface area contributed by atoms with Crippen LogP contribution in [0, 0.1) is 5.41 Å². The molecule has 0 saturated heterocycles. The van der Waals surface area contributed by atoms with Gasteiger partial charge in [0, 0.05) is 11.9 Å². The topological polar surface area (TPSA) is 49.9 Å². The Kier molecular flexibility index (Phi) is 2.44. The van der Waals surface area contributed by atoms with E-state index < -0.39 is 0 Å². The van der Waals surface area contributed by atoms with Gasteiger partial charge in [-0.25, -0.2) is 0 Å². The second-order valence-corrected chi connectivity index (χ2v) is 2.19. The van der Waals surface area contributed by atoms with Crippen molar-refractivity contribution >= 4 is 18.0 Å². The summed E-state index contributed by atoms with van der Waals surface area (Å²) < 4.78 is 0. The third-order valence-electron chi connectivity index (χ3n) is 1.32. The number of rotatable bonds is 2. The summed E-state index contributed by atoms with van der Waals surface area (Å²) in [5, 5.41) is 6.76. The maximum absolute atomic E-state index is 6.76. The van der Waals surface area contributed by atoms with Crippen LogP contribution in [0.2, 0.25) is 0 Å². The van der Waals surface area contributed by atoms with Crippen LogP contribution in [0.3, 0.4) is 0 Å². The molecule has 0 saturated carbocycles. The Morgan fingerprint density at radius 3 is 2.36 bits per heavy atom. The van der Waals surface area contributed by atoms with Crippen molar-refractivity contribution < 1.29 is 0 Å². The number of allylic oxidation sites excluding steroid dienone is 1. The molecule has 0 aliphatic heterocycles. The summed E-state index contributed by atoms with van der Waals surface area (Å²) in [6, 6.07) is 7.50. The first-order chi connectivity index (χ1) is 5.33. The Labute approximate surface area is 65.9 Å². The standard InChI is InChI=1S/C9H10N2/c10-7-1-2-8-3-5-9(11)6-4-8/h1-7,10H,11H2/b2-1+,10-7?. The van der Waals surface area contributed by atoms with E-state index in [4.69, 9.17) is 11.1 Å². The molecule has 1 aromatic carbocycles. The molecule has 0 amide bonds. The van der Waals surface area contributed by atoms with E-state index in [1.807, 2.05) is 30.3 Å². The van der Waals surface area contributed by atoms with Crippen LogP contribution in [0.25, 0.3) is 6.08 Å². The van der Waals surface area contributed by atoms with Crippen molar-refractivity contribution in [2.75, 3.05) is 5.73 Å². The van der Waals surface area contributed by atoms with Gasteiger partial charge in [-0.15, -0.1) is 0 Å². The molecule has 0 heterocycles. The number of nitrogens with two attached hydrogens (primary N) is 1. The molecule has 0 aliphatic carbocycles. The lowest BCUT2D eigenvalue weighted by Gasteiger charge is -1.92.